The van der Waals surface area contributed by atoms with E-state index in [1.807, 2.05) is 28.9 Å². The summed E-state index contributed by atoms with van der Waals surface area (Å²) >= 11 is 1.57. The molecule has 3 aromatic heterocycles. The van der Waals surface area contributed by atoms with Gasteiger partial charge in [-0.1, -0.05) is 0 Å². The molecule has 0 aliphatic carbocycles. The highest BCUT2D eigenvalue weighted by atomic mass is 32.1. The Morgan fingerprint density at radius 3 is 2.85 bits per heavy atom. The molecular formula is C18H24N6OS. The lowest BCUT2D eigenvalue weighted by molar-refractivity contribution is 0.0785. The minimum Gasteiger partial charge on any atom is -0.337 e. The maximum absolute atomic E-state index is 13.0. The number of hydrogen-bond acceptors (Lipinski definition) is 5. The first-order valence-electron chi connectivity index (χ1n) is 9.09. The van der Waals surface area contributed by atoms with E-state index in [0.29, 0.717) is 12.2 Å². The highest BCUT2D eigenvalue weighted by Crippen LogP contribution is 2.22. The van der Waals surface area contributed by atoms with E-state index >= 15 is 0 Å². The van der Waals surface area contributed by atoms with Crippen LogP contribution in [0.2, 0.25) is 0 Å². The summed E-state index contributed by atoms with van der Waals surface area (Å²) in [6, 6.07) is 0. The van der Waals surface area contributed by atoms with Gasteiger partial charge in [0.25, 0.3) is 5.91 Å². The Kier molecular flexibility index (Phi) is 4.78. The maximum Gasteiger partial charge on any atom is 0.274 e. The quantitative estimate of drug-likeness (QED) is 0.667. The van der Waals surface area contributed by atoms with Crippen molar-refractivity contribution in [1.29, 1.82) is 0 Å². The highest BCUT2D eigenvalue weighted by molar-refractivity contribution is 7.15. The van der Waals surface area contributed by atoms with Crippen molar-refractivity contribution in [2.75, 3.05) is 20.1 Å². The van der Waals surface area contributed by atoms with Gasteiger partial charge in [-0.2, -0.15) is 0 Å². The predicted molar refractivity (Wildman–Crippen MR) is 101 cm³/mol. The summed E-state index contributed by atoms with van der Waals surface area (Å²) in [7, 11) is 2.06. The van der Waals surface area contributed by atoms with Crippen LogP contribution in [0, 0.1) is 0 Å². The molecule has 3 aromatic rings. The SMILES string of the molecule is CCn1ccnc1CN(C)Cc1c(C(=O)N2CCCC2)nc2sccn12. The van der Waals surface area contributed by atoms with Crippen LogP contribution in [0.25, 0.3) is 4.96 Å². The number of thiazole rings is 1. The van der Waals surface area contributed by atoms with Gasteiger partial charge in [0.1, 0.15) is 5.82 Å². The minimum absolute atomic E-state index is 0.0665. The maximum atomic E-state index is 13.0. The monoisotopic (exact) mass is 372 g/mol. The van der Waals surface area contributed by atoms with Crippen molar-refractivity contribution in [3.63, 3.8) is 0 Å². The van der Waals surface area contributed by atoms with Gasteiger partial charge in [0.2, 0.25) is 0 Å². The number of amides is 1. The summed E-state index contributed by atoms with van der Waals surface area (Å²) < 4.78 is 4.19. The second kappa shape index (κ2) is 7.20. The summed E-state index contributed by atoms with van der Waals surface area (Å²) in [6.07, 6.45) is 8.02. The summed E-state index contributed by atoms with van der Waals surface area (Å²) in [6.45, 7) is 6.09. The second-order valence-corrected chi connectivity index (χ2v) is 7.64. The molecule has 138 valence electrons. The van der Waals surface area contributed by atoms with E-state index in [4.69, 9.17) is 0 Å². The van der Waals surface area contributed by atoms with Gasteiger partial charge in [-0.3, -0.25) is 14.1 Å². The summed E-state index contributed by atoms with van der Waals surface area (Å²) in [5.41, 5.74) is 1.57. The number of aryl methyl sites for hydroxylation is 1. The van der Waals surface area contributed by atoms with E-state index in [0.717, 1.165) is 55.5 Å². The number of rotatable bonds is 6. The molecule has 1 fully saturated rings. The van der Waals surface area contributed by atoms with Crippen LogP contribution in [0.15, 0.2) is 24.0 Å². The average molecular weight is 372 g/mol. The molecule has 1 aliphatic rings. The first-order valence-corrected chi connectivity index (χ1v) is 9.97. The van der Waals surface area contributed by atoms with Gasteiger partial charge in [-0.05, 0) is 26.8 Å². The third-order valence-electron chi connectivity index (χ3n) is 4.93. The van der Waals surface area contributed by atoms with Crippen LogP contribution in [0.5, 0.6) is 0 Å². The zero-order chi connectivity index (χ0) is 18.1. The van der Waals surface area contributed by atoms with Crippen molar-refractivity contribution in [2.45, 2.75) is 39.4 Å². The average Bonchev–Trinajstić information content (AvgIpc) is 3.40. The van der Waals surface area contributed by atoms with Crippen LogP contribution in [-0.4, -0.2) is 54.8 Å². The molecule has 0 atom stereocenters. The van der Waals surface area contributed by atoms with Crippen molar-refractivity contribution in [1.82, 2.24) is 28.7 Å². The zero-order valence-corrected chi connectivity index (χ0v) is 16.1. The molecule has 26 heavy (non-hydrogen) atoms. The van der Waals surface area contributed by atoms with Gasteiger partial charge in [-0.25, -0.2) is 9.97 Å². The molecule has 0 N–H and O–H groups in total. The van der Waals surface area contributed by atoms with E-state index < -0.39 is 0 Å². The highest BCUT2D eigenvalue weighted by Gasteiger charge is 2.27. The van der Waals surface area contributed by atoms with Crippen LogP contribution < -0.4 is 0 Å². The Morgan fingerprint density at radius 1 is 1.27 bits per heavy atom. The van der Waals surface area contributed by atoms with E-state index in [-0.39, 0.29) is 5.91 Å². The fraction of sp³-hybridized carbons (Fsp3) is 0.500. The Hall–Kier alpha value is -2.19. The van der Waals surface area contributed by atoms with Gasteiger partial charge < -0.3 is 9.47 Å². The zero-order valence-electron chi connectivity index (χ0n) is 15.3. The predicted octanol–water partition coefficient (Wildman–Crippen LogP) is 2.48. The van der Waals surface area contributed by atoms with Crippen LogP contribution in [0.4, 0.5) is 0 Å². The molecule has 4 heterocycles. The van der Waals surface area contributed by atoms with Crippen molar-refractivity contribution in [3.05, 3.63) is 41.2 Å². The number of likely N-dealkylation sites (tertiary alicyclic amines) is 1. The van der Waals surface area contributed by atoms with Gasteiger partial charge in [-0.15, -0.1) is 11.3 Å². The lowest BCUT2D eigenvalue weighted by Gasteiger charge is -2.19. The number of carbonyl (C=O) groups is 1. The molecule has 7 nitrogen and oxygen atoms in total. The normalized spacial score (nSPS) is 14.8. The molecule has 1 amide bonds. The summed E-state index contributed by atoms with van der Waals surface area (Å²) in [4.78, 5) is 27.1. The smallest absolute Gasteiger partial charge is 0.274 e. The van der Waals surface area contributed by atoms with Crippen LogP contribution >= 0.6 is 11.3 Å². The van der Waals surface area contributed by atoms with Gasteiger partial charge in [0.15, 0.2) is 10.7 Å². The van der Waals surface area contributed by atoms with E-state index in [9.17, 15) is 4.79 Å². The first kappa shape index (κ1) is 17.2. The molecule has 0 bridgehead atoms. The molecule has 8 heteroatoms. The number of hydrogen-bond donors (Lipinski definition) is 0. The molecular weight excluding hydrogens is 348 g/mol. The third kappa shape index (κ3) is 3.14. The number of aromatic nitrogens is 4. The fourth-order valence-corrected chi connectivity index (χ4v) is 4.29. The van der Waals surface area contributed by atoms with Crippen LogP contribution in [0.3, 0.4) is 0 Å². The number of carbonyl (C=O) groups excluding carboxylic acids is 1. The van der Waals surface area contributed by atoms with E-state index in [1.54, 1.807) is 11.3 Å². The molecule has 0 unspecified atom stereocenters. The van der Waals surface area contributed by atoms with Crippen molar-refractivity contribution in [3.8, 4) is 0 Å². The molecule has 1 aliphatic heterocycles. The summed E-state index contributed by atoms with van der Waals surface area (Å²) in [5, 5.41) is 2.01. The number of imidazole rings is 2. The van der Waals surface area contributed by atoms with Gasteiger partial charge >= 0.3 is 0 Å². The molecule has 0 saturated carbocycles. The van der Waals surface area contributed by atoms with Crippen molar-refractivity contribution < 1.29 is 4.79 Å². The molecule has 0 aromatic carbocycles. The Balaban J connectivity index is 1.59. The lowest BCUT2D eigenvalue weighted by atomic mass is 10.2. The minimum atomic E-state index is 0.0665. The van der Waals surface area contributed by atoms with Gasteiger partial charge in [0, 0.05) is 50.1 Å². The van der Waals surface area contributed by atoms with Crippen molar-refractivity contribution >= 4 is 22.2 Å². The Bertz CT molecular complexity index is 904. The number of fused-ring (bicyclic) bond motifs is 1. The summed E-state index contributed by atoms with van der Waals surface area (Å²) in [5.74, 6) is 1.10. The Labute approximate surface area is 156 Å². The van der Waals surface area contributed by atoms with Crippen molar-refractivity contribution in [2.24, 2.45) is 0 Å². The fourth-order valence-electron chi connectivity index (χ4n) is 3.56. The van der Waals surface area contributed by atoms with E-state index in [2.05, 4.69) is 37.8 Å². The second-order valence-electron chi connectivity index (χ2n) is 6.76. The topological polar surface area (TPSA) is 58.7 Å². The lowest BCUT2D eigenvalue weighted by Crippen LogP contribution is -2.30. The van der Waals surface area contributed by atoms with Crippen LogP contribution in [-0.2, 0) is 19.6 Å². The van der Waals surface area contributed by atoms with E-state index in [1.165, 1.54) is 0 Å². The van der Waals surface area contributed by atoms with Gasteiger partial charge in [0.05, 0.1) is 12.2 Å². The third-order valence-corrected chi connectivity index (χ3v) is 5.69. The first-order chi connectivity index (χ1) is 12.7. The Morgan fingerprint density at radius 2 is 2.08 bits per heavy atom. The van der Waals surface area contributed by atoms with Crippen LogP contribution in [0.1, 0.15) is 41.8 Å². The molecule has 4 rings (SSSR count). The molecule has 0 radical (unpaired) electrons. The standard InChI is InChI=1S/C18H24N6OS/c1-3-22-9-6-19-15(22)13-21(2)12-14-16(17(25)23-7-4-5-8-23)20-18-24(14)10-11-26-18/h6,9-11H,3-5,7-8,12-13H2,1-2H3. The largest absolute Gasteiger partial charge is 0.337 e. The molecule has 0 spiro atoms. The number of nitrogens with zero attached hydrogens (tertiary/aromatic N) is 6. The molecule has 1 saturated heterocycles.